The molecule has 1 aliphatic heterocycles. The zero-order valence-corrected chi connectivity index (χ0v) is 13.8. The molecule has 0 amide bonds. The minimum absolute atomic E-state index is 0.395. The minimum atomic E-state index is 0.395. The molecule has 0 aliphatic carbocycles. The Bertz CT molecular complexity index is 636. The number of rotatable bonds is 3. The molecule has 1 saturated heterocycles. The summed E-state index contributed by atoms with van der Waals surface area (Å²) in [6.45, 7) is 4.26. The smallest absolute Gasteiger partial charge is 0.249 e. The molecule has 0 bridgehead atoms. The maximum Gasteiger partial charge on any atom is 0.249 e. The predicted molar refractivity (Wildman–Crippen MR) is 90.2 cm³/mol. The highest BCUT2D eigenvalue weighted by Gasteiger charge is 2.18. The number of hydrogen-bond acceptors (Lipinski definition) is 5. The number of halogens is 2. The van der Waals surface area contributed by atoms with Crippen molar-refractivity contribution in [3.05, 3.63) is 34.4 Å². The molecule has 0 saturated carbocycles. The number of nitrogens with zero attached hydrogens (tertiary/aromatic N) is 4. The lowest BCUT2D eigenvalue weighted by Gasteiger charge is -2.30. The summed E-state index contributed by atoms with van der Waals surface area (Å²) < 4.78 is 0. The van der Waals surface area contributed by atoms with E-state index in [9.17, 15) is 0 Å². The van der Waals surface area contributed by atoms with Crippen molar-refractivity contribution in [3.63, 3.8) is 0 Å². The molecule has 3 rings (SSSR count). The number of hydrogen-bond donors (Lipinski definition) is 1. The van der Waals surface area contributed by atoms with Crippen LogP contribution in [0.25, 0.3) is 0 Å². The second-order valence-electron chi connectivity index (χ2n) is 5.53. The molecule has 1 N–H and O–H groups in total. The fraction of sp³-hybridized carbons (Fsp3) is 0.400. The second-order valence-corrected chi connectivity index (χ2v) is 6.34. The van der Waals surface area contributed by atoms with E-state index >= 15 is 0 Å². The summed E-state index contributed by atoms with van der Waals surface area (Å²) in [5, 5.41) is 12.1. The van der Waals surface area contributed by atoms with Crippen molar-refractivity contribution in [1.82, 2.24) is 15.2 Å². The van der Waals surface area contributed by atoms with E-state index in [0.717, 1.165) is 24.8 Å². The van der Waals surface area contributed by atoms with Crippen molar-refractivity contribution in [2.45, 2.75) is 19.8 Å². The van der Waals surface area contributed by atoms with Crippen LogP contribution in [0.4, 0.5) is 17.5 Å². The van der Waals surface area contributed by atoms with Gasteiger partial charge in [-0.25, -0.2) is 0 Å². The maximum absolute atomic E-state index is 6.15. The number of benzene rings is 1. The molecule has 116 valence electrons. The summed E-state index contributed by atoms with van der Waals surface area (Å²) in [5.74, 6) is 1.99. The number of aromatic nitrogens is 3. The van der Waals surface area contributed by atoms with Gasteiger partial charge in [-0.15, -0.1) is 5.10 Å². The summed E-state index contributed by atoms with van der Waals surface area (Å²) in [6, 6.07) is 5.32. The Balaban J connectivity index is 1.79. The van der Waals surface area contributed by atoms with Gasteiger partial charge in [0.05, 0.1) is 21.9 Å². The standard InChI is InChI=1S/C15H17Cl2N5/c1-10-5-7-22(8-6-10)13-9-18-21-15(19-13)20-14-11(16)3-2-4-12(14)17/h2-4,9-10H,5-8H2,1H3,(H,19,20,21). The molecule has 1 aromatic heterocycles. The van der Waals surface area contributed by atoms with Crippen molar-refractivity contribution in [2.24, 2.45) is 5.92 Å². The van der Waals surface area contributed by atoms with E-state index in [-0.39, 0.29) is 0 Å². The second kappa shape index (κ2) is 6.67. The molecule has 1 aromatic carbocycles. The molecule has 5 nitrogen and oxygen atoms in total. The molecule has 0 radical (unpaired) electrons. The topological polar surface area (TPSA) is 53.9 Å². The normalized spacial score (nSPS) is 15.9. The van der Waals surface area contributed by atoms with E-state index in [1.165, 1.54) is 12.8 Å². The maximum atomic E-state index is 6.15. The zero-order valence-electron chi connectivity index (χ0n) is 12.3. The summed E-state index contributed by atoms with van der Waals surface area (Å²) in [6.07, 6.45) is 4.03. The van der Waals surface area contributed by atoms with E-state index < -0.39 is 0 Å². The van der Waals surface area contributed by atoms with E-state index in [1.54, 1.807) is 24.4 Å². The lowest BCUT2D eigenvalue weighted by atomic mass is 9.99. The molecular weight excluding hydrogens is 321 g/mol. The van der Waals surface area contributed by atoms with Gasteiger partial charge in [0.25, 0.3) is 0 Å². The molecule has 22 heavy (non-hydrogen) atoms. The molecule has 1 aliphatic rings. The third kappa shape index (κ3) is 3.42. The monoisotopic (exact) mass is 337 g/mol. The van der Waals surface area contributed by atoms with Gasteiger partial charge in [-0.3, -0.25) is 0 Å². The van der Waals surface area contributed by atoms with Gasteiger partial charge in [-0.05, 0) is 30.9 Å². The van der Waals surface area contributed by atoms with Gasteiger partial charge in [0, 0.05) is 13.1 Å². The highest BCUT2D eigenvalue weighted by molar-refractivity contribution is 6.39. The van der Waals surface area contributed by atoms with Gasteiger partial charge in [-0.1, -0.05) is 36.2 Å². The highest BCUT2D eigenvalue weighted by atomic mass is 35.5. The van der Waals surface area contributed by atoms with Crippen LogP contribution in [0.2, 0.25) is 10.0 Å². The third-order valence-electron chi connectivity index (χ3n) is 3.85. The van der Waals surface area contributed by atoms with Gasteiger partial charge < -0.3 is 10.2 Å². The average Bonchev–Trinajstić information content (AvgIpc) is 2.52. The average molecular weight is 338 g/mol. The van der Waals surface area contributed by atoms with Crippen molar-refractivity contribution in [1.29, 1.82) is 0 Å². The van der Waals surface area contributed by atoms with Crippen LogP contribution in [0.15, 0.2) is 24.4 Å². The van der Waals surface area contributed by atoms with Crippen LogP contribution in [0.1, 0.15) is 19.8 Å². The molecule has 2 heterocycles. The Morgan fingerprint density at radius 3 is 2.55 bits per heavy atom. The molecule has 0 atom stereocenters. The number of piperidine rings is 1. The molecular formula is C15H17Cl2N5. The van der Waals surface area contributed by atoms with Crippen LogP contribution in [0.3, 0.4) is 0 Å². The van der Waals surface area contributed by atoms with Crippen molar-refractivity contribution in [3.8, 4) is 0 Å². The third-order valence-corrected chi connectivity index (χ3v) is 4.48. The van der Waals surface area contributed by atoms with E-state index in [4.69, 9.17) is 23.2 Å². The molecule has 7 heteroatoms. The Kier molecular flexibility index (Phi) is 4.64. The predicted octanol–water partition coefficient (Wildman–Crippen LogP) is 4.16. The Labute approximate surface area is 139 Å². The fourth-order valence-corrected chi connectivity index (χ4v) is 2.96. The van der Waals surface area contributed by atoms with Gasteiger partial charge in [0.1, 0.15) is 0 Å². The first-order valence-corrected chi connectivity index (χ1v) is 8.05. The lowest BCUT2D eigenvalue weighted by Crippen LogP contribution is -2.33. The number of anilines is 3. The first-order chi connectivity index (χ1) is 10.6. The first kappa shape index (κ1) is 15.3. The Hall–Kier alpha value is -1.59. The summed E-state index contributed by atoms with van der Waals surface area (Å²) in [4.78, 5) is 6.75. The lowest BCUT2D eigenvalue weighted by molar-refractivity contribution is 0.436. The van der Waals surface area contributed by atoms with Crippen LogP contribution in [0, 0.1) is 5.92 Å². The van der Waals surface area contributed by atoms with Gasteiger partial charge in [0.2, 0.25) is 5.95 Å². The first-order valence-electron chi connectivity index (χ1n) is 7.29. The van der Waals surface area contributed by atoms with E-state index in [1.807, 2.05) is 0 Å². The van der Waals surface area contributed by atoms with E-state index in [0.29, 0.717) is 21.7 Å². The molecule has 2 aromatic rings. The van der Waals surface area contributed by atoms with Crippen molar-refractivity contribution >= 4 is 40.7 Å². The summed E-state index contributed by atoms with van der Waals surface area (Å²) >= 11 is 12.3. The van der Waals surface area contributed by atoms with Crippen molar-refractivity contribution < 1.29 is 0 Å². The van der Waals surface area contributed by atoms with E-state index in [2.05, 4.69) is 32.3 Å². The Morgan fingerprint density at radius 2 is 1.86 bits per heavy atom. The van der Waals surface area contributed by atoms with Gasteiger partial charge in [-0.2, -0.15) is 10.1 Å². The molecule has 0 spiro atoms. The Morgan fingerprint density at radius 1 is 1.18 bits per heavy atom. The van der Waals surface area contributed by atoms with Crippen LogP contribution >= 0.6 is 23.2 Å². The van der Waals surface area contributed by atoms with Gasteiger partial charge in [0.15, 0.2) is 5.82 Å². The minimum Gasteiger partial charge on any atom is -0.355 e. The summed E-state index contributed by atoms with van der Waals surface area (Å²) in [7, 11) is 0. The molecule has 0 unspecified atom stereocenters. The SMILES string of the molecule is CC1CCN(c2cnnc(Nc3c(Cl)cccc3Cl)n2)CC1. The van der Waals surface area contributed by atoms with Crippen LogP contribution in [-0.2, 0) is 0 Å². The van der Waals surface area contributed by atoms with Gasteiger partial charge >= 0.3 is 0 Å². The van der Waals surface area contributed by atoms with Crippen molar-refractivity contribution in [2.75, 3.05) is 23.3 Å². The fourth-order valence-electron chi connectivity index (χ4n) is 2.47. The number of para-hydroxylation sites is 1. The quantitative estimate of drug-likeness (QED) is 0.911. The zero-order chi connectivity index (χ0) is 15.5. The summed E-state index contributed by atoms with van der Waals surface area (Å²) in [5.41, 5.74) is 0.594. The highest BCUT2D eigenvalue weighted by Crippen LogP contribution is 2.31. The van der Waals surface area contributed by atoms with Crippen LogP contribution in [0.5, 0.6) is 0 Å². The van der Waals surface area contributed by atoms with Crippen LogP contribution < -0.4 is 10.2 Å². The molecule has 1 fully saturated rings. The largest absolute Gasteiger partial charge is 0.355 e. The number of nitrogens with one attached hydrogen (secondary N) is 1. The van der Waals surface area contributed by atoms with Crippen LogP contribution in [-0.4, -0.2) is 28.3 Å².